The number of aliphatic hydroxyl groups is 1. The molecule has 3 heterocycles. The number of phenols is 1. The monoisotopic (exact) mass is 514 g/mol. The molecule has 4 atom stereocenters. The van der Waals surface area contributed by atoms with Crippen molar-refractivity contribution in [3.63, 3.8) is 0 Å². The van der Waals surface area contributed by atoms with E-state index in [1.807, 2.05) is 0 Å². The molecule has 1 unspecified atom stereocenters. The van der Waals surface area contributed by atoms with E-state index in [0.29, 0.717) is 16.8 Å². The van der Waals surface area contributed by atoms with Gasteiger partial charge in [0.15, 0.2) is 6.04 Å². The first-order chi connectivity index (χ1) is 17.0. The maximum atomic E-state index is 13.4. The van der Waals surface area contributed by atoms with Gasteiger partial charge in [-0.2, -0.15) is 0 Å². The van der Waals surface area contributed by atoms with Crippen LogP contribution in [-0.2, 0) is 21.0 Å². The number of rotatable bonds is 7. The number of aliphatic imine (C=N–C) groups is 1. The number of hydrogen-bond donors (Lipinski definition) is 5. The second kappa shape index (κ2) is 9.43. The molecule has 1 aromatic carbocycles. The van der Waals surface area contributed by atoms with E-state index >= 15 is 0 Å². The van der Waals surface area contributed by atoms with E-state index in [4.69, 9.17) is 0 Å². The fourth-order valence-corrected chi connectivity index (χ4v) is 6.04. The number of carboxylic acid groups (broad SMARTS) is 1. The standard InChI is InChI=1S/C24H26N4O7S/c1-11-18(31)15(13(10-29)8-25-11)9-26-16(12-4-6-14(30)7-5-12)20(32)27-17-21(33)28-19(23(34)35)24(2,3)36-22(17)28/h4-9,16-17,19,22,29-31H,10H2,1-3H3,(H,27,32)(H,34,35)/t16?,17-,19+,22-/m0/s1. The molecule has 0 radical (unpaired) electrons. The Morgan fingerprint density at radius 1 is 1.28 bits per heavy atom. The molecule has 2 saturated heterocycles. The number of aliphatic carboxylic acids is 1. The zero-order chi connectivity index (χ0) is 26.4. The Morgan fingerprint density at radius 3 is 2.56 bits per heavy atom. The van der Waals surface area contributed by atoms with Crippen molar-refractivity contribution in [3.8, 4) is 11.5 Å². The highest BCUT2D eigenvalue weighted by Crippen LogP contribution is 2.50. The number of aryl methyl sites for hydroxylation is 1. The highest BCUT2D eigenvalue weighted by molar-refractivity contribution is 8.01. The number of fused-ring (bicyclic) bond motifs is 1. The fourth-order valence-electron chi connectivity index (χ4n) is 4.41. The van der Waals surface area contributed by atoms with Gasteiger partial charge in [-0.25, -0.2) is 4.79 Å². The second-order valence-electron chi connectivity index (χ2n) is 9.15. The maximum absolute atomic E-state index is 13.4. The van der Waals surface area contributed by atoms with E-state index in [9.17, 15) is 34.8 Å². The first-order valence-corrected chi connectivity index (χ1v) is 12.0. The lowest BCUT2D eigenvalue weighted by Gasteiger charge is -2.43. The summed E-state index contributed by atoms with van der Waals surface area (Å²) in [5.74, 6) is -2.42. The van der Waals surface area contributed by atoms with Gasteiger partial charge >= 0.3 is 5.97 Å². The van der Waals surface area contributed by atoms with Gasteiger partial charge in [0.25, 0.3) is 0 Å². The number of carbonyl (C=O) groups is 3. The summed E-state index contributed by atoms with van der Waals surface area (Å²) in [6, 6.07) is 2.69. The van der Waals surface area contributed by atoms with Gasteiger partial charge in [0.05, 0.1) is 12.3 Å². The van der Waals surface area contributed by atoms with Gasteiger partial charge in [-0.15, -0.1) is 11.8 Å². The summed E-state index contributed by atoms with van der Waals surface area (Å²) in [6.45, 7) is 4.65. The second-order valence-corrected chi connectivity index (χ2v) is 10.9. The number of hydrogen-bond acceptors (Lipinski definition) is 9. The number of aliphatic hydroxyl groups excluding tert-OH is 1. The number of amides is 2. The van der Waals surface area contributed by atoms with Crippen LogP contribution in [0.5, 0.6) is 11.5 Å². The highest BCUT2D eigenvalue weighted by atomic mass is 32.2. The quantitative estimate of drug-likeness (QED) is 0.268. The number of thioether (sulfide) groups is 1. The molecule has 36 heavy (non-hydrogen) atoms. The SMILES string of the molecule is Cc1ncc(CO)c(C=NC(C(=O)N[C@H]2C(=O)N3[C@H]2SC(C)(C)[C@H]3C(=O)O)c2ccc(O)cc2)c1O. The molecule has 4 rings (SSSR count). The molecule has 0 spiro atoms. The minimum absolute atomic E-state index is 0.0130. The maximum Gasteiger partial charge on any atom is 0.327 e. The summed E-state index contributed by atoms with van der Waals surface area (Å²) in [7, 11) is 0. The van der Waals surface area contributed by atoms with Gasteiger partial charge in [0.1, 0.15) is 29.0 Å². The molecule has 190 valence electrons. The molecule has 2 amide bonds. The van der Waals surface area contributed by atoms with Crippen LogP contribution in [0.25, 0.3) is 0 Å². The number of carbonyl (C=O) groups excluding carboxylic acids is 2. The van der Waals surface area contributed by atoms with Crippen molar-refractivity contribution < 1.29 is 34.8 Å². The number of pyridine rings is 1. The van der Waals surface area contributed by atoms with Crippen molar-refractivity contribution >= 4 is 35.8 Å². The third-order valence-electron chi connectivity index (χ3n) is 6.31. The minimum atomic E-state index is -1.17. The van der Waals surface area contributed by atoms with E-state index in [-0.39, 0.29) is 17.1 Å². The van der Waals surface area contributed by atoms with E-state index in [1.165, 1.54) is 53.3 Å². The molecule has 2 aliphatic rings. The predicted octanol–water partition coefficient (Wildman–Crippen LogP) is 1.09. The number of aromatic hydroxyl groups is 2. The number of carboxylic acids is 1. The summed E-state index contributed by atoms with van der Waals surface area (Å²) in [4.78, 5) is 47.6. The minimum Gasteiger partial charge on any atom is -0.508 e. The number of β-lactam (4-membered cyclic amide) rings is 1. The molecule has 5 N–H and O–H groups in total. The molecule has 2 fully saturated rings. The summed E-state index contributed by atoms with van der Waals surface area (Å²) in [6.07, 6.45) is 2.65. The summed E-state index contributed by atoms with van der Waals surface area (Å²) >= 11 is 1.31. The van der Waals surface area contributed by atoms with Crippen LogP contribution < -0.4 is 5.32 Å². The number of aromatic nitrogens is 1. The van der Waals surface area contributed by atoms with Gasteiger partial charge in [-0.3, -0.25) is 19.6 Å². The number of nitrogens with one attached hydrogen (secondary N) is 1. The predicted molar refractivity (Wildman–Crippen MR) is 131 cm³/mol. The summed E-state index contributed by atoms with van der Waals surface area (Å²) in [5.41, 5.74) is 1.22. The van der Waals surface area contributed by atoms with Crippen LogP contribution in [0.3, 0.4) is 0 Å². The number of benzene rings is 1. The van der Waals surface area contributed by atoms with Crippen LogP contribution in [0, 0.1) is 6.92 Å². The molecular formula is C24H26N4O7S. The van der Waals surface area contributed by atoms with Crippen LogP contribution in [-0.4, -0.2) is 76.5 Å². The van der Waals surface area contributed by atoms with Gasteiger partial charge in [-0.1, -0.05) is 12.1 Å². The number of nitrogens with zero attached hydrogens (tertiary/aromatic N) is 3. The molecule has 0 aliphatic carbocycles. The Labute approximate surface area is 210 Å². The zero-order valence-electron chi connectivity index (χ0n) is 19.7. The Hall–Kier alpha value is -3.64. The topological polar surface area (TPSA) is 173 Å². The van der Waals surface area contributed by atoms with Crippen molar-refractivity contribution in [3.05, 3.63) is 52.8 Å². The Bertz CT molecular complexity index is 1250. The molecule has 11 nitrogen and oxygen atoms in total. The van der Waals surface area contributed by atoms with Crippen molar-refractivity contribution in [1.29, 1.82) is 0 Å². The average molecular weight is 515 g/mol. The van der Waals surface area contributed by atoms with Crippen LogP contribution in [0.4, 0.5) is 0 Å². The van der Waals surface area contributed by atoms with Crippen molar-refractivity contribution in [2.75, 3.05) is 0 Å². The Kier molecular flexibility index (Phi) is 6.67. The van der Waals surface area contributed by atoms with Gasteiger partial charge in [0, 0.05) is 28.3 Å². The lowest BCUT2D eigenvalue weighted by atomic mass is 9.95. The molecule has 12 heteroatoms. The molecular weight excluding hydrogens is 488 g/mol. The Morgan fingerprint density at radius 2 is 1.94 bits per heavy atom. The normalized spacial score (nSPS) is 23.3. The van der Waals surface area contributed by atoms with E-state index in [0.717, 1.165) is 0 Å². The molecule has 2 aliphatic heterocycles. The zero-order valence-corrected chi connectivity index (χ0v) is 20.6. The largest absolute Gasteiger partial charge is 0.508 e. The van der Waals surface area contributed by atoms with E-state index < -0.39 is 52.6 Å². The Balaban J connectivity index is 1.63. The number of phenolic OH excluding ortho intramolecular Hbond substituents is 1. The molecule has 2 aromatic rings. The first kappa shape index (κ1) is 25.5. The van der Waals surface area contributed by atoms with Gasteiger partial charge in [-0.05, 0) is 38.5 Å². The van der Waals surface area contributed by atoms with E-state index in [1.54, 1.807) is 20.8 Å². The fraction of sp³-hybridized carbons (Fsp3) is 0.375. The third kappa shape index (κ3) is 4.37. The average Bonchev–Trinajstić information content (AvgIpc) is 3.09. The van der Waals surface area contributed by atoms with Gasteiger partial charge < -0.3 is 30.6 Å². The first-order valence-electron chi connectivity index (χ1n) is 11.1. The summed E-state index contributed by atoms with van der Waals surface area (Å²) < 4.78 is -0.739. The smallest absolute Gasteiger partial charge is 0.327 e. The summed E-state index contributed by atoms with van der Waals surface area (Å²) in [5, 5.41) is 41.5. The van der Waals surface area contributed by atoms with Crippen LogP contribution >= 0.6 is 11.8 Å². The molecule has 1 aromatic heterocycles. The molecule has 0 bridgehead atoms. The van der Waals surface area contributed by atoms with Crippen molar-refractivity contribution in [2.45, 2.75) is 55.6 Å². The molecule has 0 saturated carbocycles. The van der Waals surface area contributed by atoms with E-state index in [2.05, 4.69) is 15.3 Å². The van der Waals surface area contributed by atoms with Crippen LogP contribution in [0.2, 0.25) is 0 Å². The van der Waals surface area contributed by atoms with Crippen LogP contribution in [0.1, 0.15) is 42.3 Å². The highest BCUT2D eigenvalue weighted by Gasteiger charge is 2.64. The van der Waals surface area contributed by atoms with Crippen LogP contribution in [0.15, 0.2) is 35.5 Å². The lowest BCUT2D eigenvalue weighted by Crippen LogP contribution is -2.70. The van der Waals surface area contributed by atoms with Crippen molar-refractivity contribution in [2.24, 2.45) is 4.99 Å². The van der Waals surface area contributed by atoms with Gasteiger partial charge in [0.2, 0.25) is 11.8 Å². The van der Waals surface area contributed by atoms with Crippen molar-refractivity contribution in [1.82, 2.24) is 15.2 Å². The third-order valence-corrected chi connectivity index (χ3v) is 7.88. The lowest BCUT2D eigenvalue weighted by molar-refractivity contribution is -0.161.